The summed E-state index contributed by atoms with van der Waals surface area (Å²) >= 11 is 9.48. The molecule has 0 radical (unpaired) electrons. The van der Waals surface area contributed by atoms with Crippen LogP contribution in [0.25, 0.3) is 0 Å². The molecular formula is C16H11BrClNO2. The number of nitrogens with zero attached hydrogens (tertiary/aromatic N) is 1. The van der Waals surface area contributed by atoms with Crippen LogP contribution in [-0.4, -0.2) is 10.8 Å². The molecule has 0 saturated heterocycles. The van der Waals surface area contributed by atoms with E-state index in [-0.39, 0.29) is 18.2 Å². The van der Waals surface area contributed by atoms with Gasteiger partial charge in [0, 0.05) is 26.2 Å². The van der Waals surface area contributed by atoms with Gasteiger partial charge in [0.15, 0.2) is 0 Å². The van der Waals surface area contributed by atoms with Gasteiger partial charge in [-0.3, -0.25) is 9.69 Å². The minimum Gasteiger partial charge on any atom is -0.466 e. The minimum atomic E-state index is -0.357. The second kappa shape index (κ2) is 4.49. The number of fused-ring (bicyclic) bond motifs is 4. The van der Waals surface area contributed by atoms with Gasteiger partial charge in [0.1, 0.15) is 5.75 Å². The molecule has 5 heteroatoms. The molecule has 3 nitrogen and oxygen atoms in total. The lowest BCUT2D eigenvalue weighted by molar-refractivity contribution is -0.00180. The molecule has 0 fully saturated rings. The van der Waals surface area contributed by atoms with E-state index in [9.17, 15) is 4.79 Å². The molecule has 21 heavy (non-hydrogen) atoms. The Morgan fingerprint density at radius 3 is 2.81 bits per heavy atom. The number of rotatable bonds is 0. The highest BCUT2D eigenvalue weighted by molar-refractivity contribution is 9.10. The molecule has 2 aliphatic heterocycles. The van der Waals surface area contributed by atoms with E-state index in [1.54, 1.807) is 4.90 Å². The number of benzene rings is 2. The molecule has 0 saturated carbocycles. The van der Waals surface area contributed by atoms with Crippen molar-refractivity contribution in [1.29, 1.82) is 0 Å². The Hall–Kier alpha value is -1.52. The van der Waals surface area contributed by atoms with Gasteiger partial charge < -0.3 is 4.74 Å². The average Bonchev–Trinajstić information content (AvgIpc) is 2.73. The van der Waals surface area contributed by atoms with Gasteiger partial charge in [-0.1, -0.05) is 33.6 Å². The zero-order valence-corrected chi connectivity index (χ0v) is 13.5. The predicted octanol–water partition coefficient (Wildman–Crippen LogP) is 4.71. The first-order chi connectivity index (χ1) is 10.1. The summed E-state index contributed by atoms with van der Waals surface area (Å²) in [4.78, 5) is 14.5. The molecule has 2 atom stereocenters. The summed E-state index contributed by atoms with van der Waals surface area (Å²) in [6, 6.07) is 11.2. The molecule has 1 amide bonds. The van der Waals surface area contributed by atoms with Crippen LogP contribution in [-0.2, 0) is 0 Å². The van der Waals surface area contributed by atoms with Gasteiger partial charge in [-0.05, 0) is 37.3 Å². The van der Waals surface area contributed by atoms with Crippen molar-refractivity contribution in [1.82, 2.24) is 4.90 Å². The molecule has 2 aromatic rings. The third-order valence-corrected chi connectivity index (χ3v) is 4.81. The summed E-state index contributed by atoms with van der Waals surface area (Å²) in [5.41, 5.74) is 2.55. The fraction of sp³-hybridized carbons (Fsp3) is 0.188. The van der Waals surface area contributed by atoms with Crippen LogP contribution >= 0.6 is 27.5 Å². The maximum atomic E-state index is 12.7. The third kappa shape index (κ3) is 1.82. The molecule has 4 rings (SSSR count). The summed E-state index contributed by atoms with van der Waals surface area (Å²) in [5, 5.41) is 0.648. The SMILES string of the molecule is C[C@H]1c2cc(Cl)ccc2O[C@H]2c3ccc(Br)cc3C(=O)N12. The number of hydrogen-bond donors (Lipinski definition) is 0. The first-order valence-corrected chi connectivity index (χ1v) is 7.81. The van der Waals surface area contributed by atoms with Crippen molar-refractivity contribution in [2.24, 2.45) is 0 Å². The molecule has 0 spiro atoms. The largest absolute Gasteiger partial charge is 0.466 e. The van der Waals surface area contributed by atoms with Crippen LogP contribution in [0, 0.1) is 0 Å². The Labute approximate surface area is 135 Å². The van der Waals surface area contributed by atoms with Gasteiger partial charge in [0.05, 0.1) is 6.04 Å². The van der Waals surface area contributed by atoms with Crippen molar-refractivity contribution in [2.45, 2.75) is 19.2 Å². The lowest BCUT2D eigenvalue weighted by atomic mass is 10.0. The number of ether oxygens (including phenoxy) is 1. The highest BCUT2D eigenvalue weighted by Crippen LogP contribution is 2.48. The molecule has 0 N–H and O–H groups in total. The molecule has 2 aliphatic rings. The second-order valence-electron chi connectivity index (χ2n) is 5.27. The van der Waals surface area contributed by atoms with Crippen molar-refractivity contribution in [3.05, 3.63) is 62.6 Å². The highest BCUT2D eigenvalue weighted by atomic mass is 79.9. The van der Waals surface area contributed by atoms with E-state index in [1.165, 1.54) is 0 Å². The molecule has 0 bridgehead atoms. The lowest BCUT2D eigenvalue weighted by Gasteiger charge is -2.37. The number of halogens is 2. The quantitative estimate of drug-likeness (QED) is 0.677. The van der Waals surface area contributed by atoms with Gasteiger partial charge in [0.2, 0.25) is 6.23 Å². The van der Waals surface area contributed by atoms with Crippen LogP contribution in [0.15, 0.2) is 40.9 Å². The van der Waals surface area contributed by atoms with Crippen molar-refractivity contribution >= 4 is 33.4 Å². The summed E-state index contributed by atoms with van der Waals surface area (Å²) < 4.78 is 6.94. The zero-order chi connectivity index (χ0) is 14.7. The van der Waals surface area contributed by atoms with Crippen LogP contribution in [0.3, 0.4) is 0 Å². The Bertz CT molecular complexity index is 777. The van der Waals surface area contributed by atoms with Crippen LogP contribution in [0.1, 0.15) is 40.7 Å². The van der Waals surface area contributed by atoms with Crippen LogP contribution < -0.4 is 4.74 Å². The van der Waals surface area contributed by atoms with E-state index in [0.717, 1.165) is 21.3 Å². The van der Waals surface area contributed by atoms with Crippen LogP contribution in [0.4, 0.5) is 0 Å². The summed E-state index contributed by atoms with van der Waals surface area (Å²) in [6.45, 7) is 2.00. The second-order valence-corrected chi connectivity index (χ2v) is 6.62. The standard InChI is InChI=1S/C16H11BrClNO2/c1-8-12-7-10(18)3-5-14(12)21-16-11-4-2-9(17)6-13(11)15(20)19(8)16/h2-8,16H,1H3/t8-,16-/m0/s1. The lowest BCUT2D eigenvalue weighted by Crippen LogP contribution is -2.37. The Morgan fingerprint density at radius 2 is 2.00 bits per heavy atom. The average molecular weight is 365 g/mol. The first kappa shape index (κ1) is 13.2. The molecular weight excluding hydrogens is 354 g/mol. The van der Waals surface area contributed by atoms with E-state index in [0.29, 0.717) is 10.6 Å². The molecule has 106 valence electrons. The van der Waals surface area contributed by atoms with E-state index >= 15 is 0 Å². The monoisotopic (exact) mass is 363 g/mol. The Kier molecular flexibility index (Phi) is 2.81. The summed E-state index contributed by atoms with van der Waals surface area (Å²) in [7, 11) is 0. The number of amides is 1. The number of carbonyl (C=O) groups is 1. The van der Waals surface area contributed by atoms with Crippen LogP contribution in [0.2, 0.25) is 5.02 Å². The van der Waals surface area contributed by atoms with Gasteiger partial charge in [-0.15, -0.1) is 0 Å². The van der Waals surface area contributed by atoms with E-state index < -0.39 is 0 Å². The Morgan fingerprint density at radius 1 is 1.19 bits per heavy atom. The van der Waals surface area contributed by atoms with Crippen molar-refractivity contribution in [2.75, 3.05) is 0 Å². The highest BCUT2D eigenvalue weighted by Gasteiger charge is 2.45. The van der Waals surface area contributed by atoms with Crippen molar-refractivity contribution in [3.63, 3.8) is 0 Å². The minimum absolute atomic E-state index is 0.00516. The van der Waals surface area contributed by atoms with E-state index in [2.05, 4.69) is 15.9 Å². The fourth-order valence-corrected chi connectivity index (χ4v) is 3.59. The number of hydrogen-bond acceptors (Lipinski definition) is 2. The maximum Gasteiger partial charge on any atom is 0.258 e. The smallest absolute Gasteiger partial charge is 0.258 e. The number of carbonyl (C=O) groups excluding carboxylic acids is 1. The predicted molar refractivity (Wildman–Crippen MR) is 83.5 cm³/mol. The molecule has 0 unspecified atom stereocenters. The van der Waals surface area contributed by atoms with Gasteiger partial charge in [-0.25, -0.2) is 0 Å². The Balaban J connectivity index is 1.88. The molecule has 2 aromatic carbocycles. The summed E-state index contributed by atoms with van der Waals surface area (Å²) in [6.07, 6.45) is -0.357. The van der Waals surface area contributed by atoms with Crippen molar-refractivity contribution < 1.29 is 9.53 Å². The van der Waals surface area contributed by atoms with Gasteiger partial charge in [-0.2, -0.15) is 0 Å². The van der Waals surface area contributed by atoms with Gasteiger partial charge >= 0.3 is 0 Å². The molecule has 0 aliphatic carbocycles. The van der Waals surface area contributed by atoms with E-state index in [4.69, 9.17) is 16.3 Å². The first-order valence-electron chi connectivity index (χ1n) is 6.64. The normalized spacial score (nSPS) is 22.4. The molecule has 2 heterocycles. The maximum absolute atomic E-state index is 12.7. The zero-order valence-electron chi connectivity index (χ0n) is 11.1. The van der Waals surface area contributed by atoms with Gasteiger partial charge in [0.25, 0.3) is 5.91 Å². The van der Waals surface area contributed by atoms with E-state index in [1.807, 2.05) is 43.3 Å². The summed E-state index contributed by atoms with van der Waals surface area (Å²) in [5.74, 6) is 0.783. The molecule has 0 aromatic heterocycles. The topological polar surface area (TPSA) is 29.5 Å². The fourth-order valence-electron chi connectivity index (χ4n) is 3.05. The van der Waals surface area contributed by atoms with Crippen LogP contribution in [0.5, 0.6) is 5.75 Å². The third-order valence-electron chi connectivity index (χ3n) is 4.08. The van der Waals surface area contributed by atoms with Crippen molar-refractivity contribution in [3.8, 4) is 5.75 Å².